The molecule has 1 saturated heterocycles. The molecule has 1 fully saturated rings. The van der Waals surface area contributed by atoms with Crippen molar-refractivity contribution in [3.8, 4) is 6.07 Å². The molecular formula is C16H20N4OS. The minimum absolute atomic E-state index is 0.273. The molecule has 0 bridgehead atoms. The number of aliphatic hydroxyl groups is 1. The second-order valence-corrected chi connectivity index (χ2v) is 6.86. The third-order valence-electron chi connectivity index (χ3n) is 4.36. The highest BCUT2D eigenvalue weighted by molar-refractivity contribution is 7.10. The molecule has 3 heterocycles. The number of imidazole rings is 1. The molecule has 0 saturated carbocycles. The summed E-state index contributed by atoms with van der Waals surface area (Å²) in [5, 5.41) is 21.3. The zero-order chi connectivity index (χ0) is 15.5. The second-order valence-electron chi connectivity index (χ2n) is 5.87. The van der Waals surface area contributed by atoms with Crippen molar-refractivity contribution in [3.05, 3.63) is 40.1 Å². The van der Waals surface area contributed by atoms with E-state index in [4.69, 9.17) is 5.26 Å². The number of nitrogens with zero attached hydrogens (tertiary/aromatic N) is 4. The van der Waals surface area contributed by atoms with E-state index in [2.05, 4.69) is 16.0 Å². The van der Waals surface area contributed by atoms with E-state index in [0.29, 0.717) is 0 Å². The van der Waals surface area contributed by atoms with Gasteiger partial charge in [-0.25, -0.2) is 4.98 Å². The molecule has 22 heavy (non-hydrogen) atoms. The normalized spacial score (nSPS) is 18.2. The Hall–Kier alpha value is -1.68. The van der Waals surface area contributed by atoms with Crippen molar-refractivity contribution in [2.24, 2.45) is 13.0 Å². The van der Waals surface area contributed by atoms with Crippen LogP contribution in [0.5, 0.6) is 0 Å². The molecule has 0 radical (unpaired) electrons. The average molecular weight is 316 g/mol. The van der Waals surface area contributed by atoms with E-state index < -0.39 is 6.10 Å². The molecule has 0 amide bonds. The number of likely N-dealkylation sites (tertiary alicyclic amines) is 1. The van der Waals surface area contributed by atoms with Crippen LogP contribution in [0.1, 0.15) is 35.2 Å². The minimum atomic E-state index is -0.478. The standard InChI is InChI=1S/C16H20N4OS/c1-19-7-4-18-16(19)15(21)13-2-5-20(6-3-13)10-14-8-12(9-17)11-22-14/h4,7-8,11,13,15,21H,2-3,5-6,10H2,1H3. The van der Waals surface area contributed by atoms with Gasteiger partial charge in [0, 0.05) is 36.2 Å². The first-order valence-corrected chi connectivity index (χ1v) is 8.40. The zero-order valence-electron chi connectivity index (χ0n) is 12.6. The number of nitriles is 1. The lowest BCUT2D eigenvalue weighted by Crippen LogP contribution is -2.35. The van der Waals surface area contributed by atoms with Crippen LogP contribution in [0.25, 0.3) is 0 Å². The van der Waals surface area contributed by atoms with E-state index >= 15 is 0 Å². The van der Waals surface area contributed by atoms with Crippen molar-refractivity contribution in [1.29, 1.82) is 5.26 Å². The summed E-state index contributed by atoms with van der Waals surface area (Å²) < 4.78 is 1.89. The van der Waals surface area contributed by atoms with Crippen LogP contribution in [-0.2, 0) is 13.6 Å². The molecule has 6 heteroatoms. The number of aliphatic hydroxyl groups excluding tert-OH is 1. The van der Waals surface area contributed by atoms with Crippen LogP contribution in [-0.4, -0.2) is 32.6 Å². The number of piperidine rings is 1. The van der Waals surface area contributed by atoms with Crippen molar-refractivity contribution in [3.63, 3.8) is 0 Å². The molecule has 3 rings (SSSR count). The van der Waals surface area contributed by atoms with Gasteiger partial charge >= 0.3 is 0 Å². The number of aryl methyl sites for hydroxylation is 1. The lowest BCUT2D eigenvalue weighted by Gasteiger charge is -2.33. The van der Waals surface area contributed by atoms with Gasteiger partial charge in [0.25, 0.3) is 0 Å². The van der Waals surface area contributed by atoms with Gasteiger partial charge in [0.1, 0.15) is 18.0 Å². The largest absolute Gasteiger partial charge is 0.385 e. The molecule has 2 aromatic rings. The summed E-state index contributed by atoms with van der Waals surface area (Å²) in [5.41, 5.74) is 0.750. The van der Waals surface area contributed by atoms with E-state index in [1.165, 1.54) is 4.88 Å². The Morgan fingerprint density at radius 3 is 2.86 bits per heavy atom. The summed E-state index contributed by atoms with van der Waals surface area (Å²) >= 11 is 1.65. The van der Waals surface area contributed by atoms with E-state index in [1.807, 2.05) is 29.3 Å². The zero-order valence-corrected chi connectivity index (χ0v) is 13.5. The number of hydrogen-bond donors (Lipinski definition) is 1. The van der Waals surface area contributed by atoms with E-state index in [1.54, 1.807) is 17.5 Å². The SMILES string of the molecule is Cn1ccnc1C(O)C1CCN(Cc2cc(C#N)cs2)CC1. The van der Waals surface area contributed by atoms with Crippen LogP contribution in [0.3, 0.4) is 0 Å². The van der Waals surface area contributed by atoms with Crippen LogP contribution >= 0.6 is 11.3 Å². The lowest BCUT2D eigenvalue weighted by atomic mass is 9.90. The molecular weight excluding hydrogens is 296 g/mol. The fraction of sp³-hybridized carbons (Fsp3) is 0.500. The van der Waals surface area contributed by atoms with Gasteiger partial charge in [0.15, 0.2) is 0 Å². The molecule has 116 valence electrons. The number of aromatic nitrogens is 2. The summed E-state index contributed by atoms with van der Waals surface area (Å²) in [4.78, 5) is 7.89. The third kappa shape index (κ3) is 3.22. The van der Waals surface area contributed by atoms with Gasteiger partial charge in [-0.3, -0.25) is 4.90 Å². The molecule has 2 aromatic heterocycles. The van der Waals surface area contributed by atoms with Gasteiger partial charge in [-0.1, -0.05) is 0 Å². The van der Waals surface area contributed by atoms with Gasteiger partial charge in [-0.15, -0.1) is 11.3 Å². The molecule has 0 aliphatic carbocycles. The molecule has 1 N–H and O–H groups in total. The third-order valence-corrected chi connectivity index (χ3v) is 5.29. The first-order chi connectivity index (χ1) is 10.7. The van der Waals surface area contributed by atoms with Crippen LogP contribution in [0, 0.1) is 17.2 Å². The second kappa shape index (κ2) is 6.61. The predicted molar refractivity (Wildman–Crippen MR) is 85.2 cm³/mol. The molecule has 0 spiro atoms. The Bertz CT molecular complexity index is 664. The van der Waals surface area contributed by atoms with Crippen LogP contribution in [0.4, 0.5) is 0 Å². The number of thiophene rings is 1. The Kier molecular flexibility index (Phi) is 4.57. The highest BCUT2D eigenvalue weighted by Gasteiger charge is 2.28. The maximum Gasteiger partial charge on any atom is 0.137 e. The van der Waals surface area contributed by atoms with Gasteiger partial charge in [-0.2, -0.15) is 5.26 Å². The van der Waals surface area contributed by atoms with Crippen molar-refractivity contribution in [2.45, 2.75) is 25.5 Å². The molecule has 1 aliphatic heterocycles. The fourth-order valence-electron chi connectivity index (χ4n) is 3.04. The topological polar surface area (TPSA) is 65.1 Å². The summed E-state index contributed by atoms with van der Waals surface area (Å²) in [6.45, 7) is 2.86. The first-order valence-electron chi connectivity index (χ1n) is 7.52. The van der Waals surface area contributed by atoms with Gasteiger partial charge < -0.3 is 9.67 Å². The van der Waals surface area contributed by atoms with Crippen molar-refractivity contribution in [2.75, 3.05) is 13.1 Å². The van der Waals surface area contributed by atoms with E-state index in [0.717, 1.165) is 43.9 Å². The minimum Gasteiger partial charge on any atom is -0.385 e. The quantitative estimate of drug-likeness (QED) is 0.940. The number of rotatable bonds is 4. The fourth-order valence-corrected chi connectivity index (χ4v) is 3.89. The van der Waals surface area contributed by atoms with Crippen LogP contribution < -0.4 is 0 Å². The highest BCUT2D eigenvalue weighted by Crippen LogP contribution is 2.30. The van der Waals surface area contributed by atoms with Crippen molar-refractivity contribution < 1.29 is 5.11 Å². The Balaban J connectivity index is 1.54. The maximum atomic E-state index is 10.5. The van der Waals surface area contributed by atoms with Crippen molar-refractivity contribution >= 4 is 11.3 Å². The first kappa shape index (κ1) is 15.2. The summed E-state index contributed by atoms with van der Waals surface area (Å²) in [6.07, 6.45) is 5.08. The molecule has 5 nitrogen and oxygen atoms in total. The summed E-state index contributed by atoms with van der Waals surface area (Å²) in [5.74, 6) is 1.03. The summed E-state index contributed by atoms with van der Waals surface area (Å²) in [6, 6.07) is 4.15. The van der Waals surface area contributed by atoms with Gasteiger partial charge in [0.05, 0.1) is 5.56 Å². The van der Waals surface area contributed by atoms with Gasteiger partial charge in [-0.05, 0) is 37.9 Å². The molecule has 1 unspecified atom stereocenters. The average Bonchev–Trinajstić information content (AvgIpc) is 3.16. The predicted octanol–water partition coefficient (Wildman–Crippen LogP) is 2.30. The molecule has 1 aliphatic rings. The van der Waals surface area contributed by atoms with Crippen LogP contribution in [0.2, 0.25) is 0 Å². The highest BCUT2D eigenvalue weighted by atomic mass is 32.1. The Labute approximate surface area is 134 Å². The Morgan fingerprint density at radius 2 is 2.27 bits per heavy atom. The maximum absolute atomic E-state index is 10.5. The molecule has 1 atom stereocenters. The van der Waals surface area contributed by atoms with Gasteiger partial charge in [0.2, 0.25) is 0 Å². The van der Waals surface area contributed by atoms with E-state index in [9.17, 15) is 5.11 Å². The van der Waals surface area contributed by atoms with Crippen LogP contribution in [0.15, 0.2) is 23.8 Å². The van der Waals surface area contributed by atoms with E-state index in [-0.39, 0.29) is 5.92 Å². The summed E-state index contributed by atoms with van der Waals surface area (Å²) in [7, 11) is 1.92. The van der Waals surface area contributed by atoms with Crippen molar-refractivity contribution in [1.82, 2.24) is 14.5 Å². The monoisotopic (exact) mass is 316 g/mol. The smallest absolute Gasteiger partial charge is 0.137 e. The number of hydrogen-bond acceptors (Lipinski definition) is 5. The molecule has 0 aromatic carbocycles. The Morgan fingerprint density at radius 1 is 1.50 bits per heavy atom. The lowest BCUT2D eigenvalue weighted by molar-refractivity contribution is 0.0494.